The monoisotopic (exact) mass is 352 g/mol. The summed E-state index contributed by atoms with van der Waals surface area (Å²) in [7, 11) is -4.20. The van der Waals surface area contributed by atoms with Gasteiger partial charge in [0.25, 0.3) is 16.0 Å². The fourth-order valence-electron chi connectivity index (χ4n) is 2.60. The minimum atomic E-state index is -4.20. The summed E-state index contributed by atoms with van der Waals surface area (Å²) in [4.78, 5) is 25.2. The van der Waals surface area contributed by atoms with Gasteiger partial charge in [-0.25, -0.2) is 4.79 Å². The van der Waals surface area contributed by atoms with E-state index in [1.807, 2.05) is 13.8 Å². The fourth-order valence-corrected chi connectivity index (χ4v) is 3.08. The van der Waals surface area contributed by atoms with Crippen molar-refractivity contribution in [1.29, 1.82) is 0 Å². The first-order valence-corrected chi connectivity index (χ1v) is 9.02. The van der Waals surface area contributed by atoms with Gasteiger partial charge in [0.05, 0.1) is 11.4 Å². The summed E-state index contributed by atoms with van der Waals surface area (Å²) in [6.45, 7) is 4.36. The Morgan fingerprint density at radius 2 is 1.92 bits per heavy atom. The zero-order chi connectivity index (χ0) is 17.9. The lowest BCUT2D eigenvalue weighted by atomic mass is 10.1. The summed E-state index contributed by atoms with van der Waals surface area (Å²) < 4.78 is 30.8. The van der Waals surface area contributed by atoms with Crippen LogP contribution < -0.4 is 5.32 Å². The molecule has 2 rings (SSSR count). The minimum Gasteiger partial charge on any atom is -0.337 e. The van der Waals surface area contributed by atoms with Gasteiger partial charge in [0, 0.05) is 12.1 Å². The average Bonchev–Trinajstić information content (AvgIpc) is 2.81. The average molecular weight is 352 g/mol. The molecule has 0 fully saturated rings. The number of carbonyl (C=O) groups excluding carboxylic acids is 2. The molecule has 8 heteroatoms. The number of rotatable bonds is 5. The van der Waals surface area contributed by atoms with Crippen molar-refractivity contribution < 1.29 is 22.6 Å². The highest BCUT2D eigenvalue weighted by Crippen LogP contribution is 2.21. The number of carbonyl (C=O) groups is 2. The van der Waals surface area contributed by atoms with Crippen LogP contribution in [-0.2, 0) is 21.3 Å². The number of nitrogens with one attached hydrogen (secondary N) is 1. The number of imide groups is 1. The molecule has 1 heterocycles. The number of urea groups is 1. The van der Waals surface area contributed by atoms with Crippen molar-refractivity contribution >= 4 is 22.1 Å². The normalized spacial score (nSPS) is 15.1. The van der Waals surface area contributed by atoms with Crippen LogP contribution in [0.3, 0.4) is 0 Å². The van der Waals surface area contributed by atoms with E-state index < -0.39 is 16.1 Å². The van der Waals surface area contributed by atoms with Crippen LogP contribution in [0.5, 0.6) is 0 Å². The molecule has 0 saturated carbocycles. The third-order valence-corrected chi connectivity index (χ3v) is 4.79. The molecule has 24 heavy (non-hydrogen) atoms. The largest absolute Gasteiger partial charge is 0.337 e. The SMILES string of the molecule is CCC1=C(C)CN(C(=O)NCCc2ccc(S(=O)(=O)O)cc2)C1=O. The molecule has 1 aromatic carbocycles. The lowest BCUT2D eigenvalue weighted by molar-refractivity contribution is -0.123. The van der Waals surface area contributed by atoms with E-state index in [4.69, 9.17) is 4.55 Å². The van der Waals surface area contributed by atoms with E-state index in [9.17, 15) is 18.0 Å². The molecule has 0 radical (unpaired) electrons. The Hall–Kier alpha value is -2.19. The third-order valence-electron chi connectivity index (χ3n) is 3.92. The van der Waals surface area contributed by atoms with Gasteiger partial charge < -0.3 is 5.32 Å². The van der Waals surface area contributed by atoms with Crippen molar-refractivity contribution in [3.8, 4) is 0 Å². The van der Waals surface area contributed by atoms with Gasteiger partial charge in [-0.2, -0.15) is 8.42 Å². The summed E-state index contributed by atoms with van der Waals surface area (Å²) in [5.74, 6) is -0.245. The lowest BCUT2D eigenvalue weighted by Crippen LogP contribution is -2.42. The molecule has 1 aliphatic rings. The Morgan fingerprint density at radius 3 is 2.42 bits per heavy atom. The van der Waals surface area contributed by atoms with Crippen molar-refractivity contribution in [2.45, 2.75) is 31.6 Å². The second-order valence-electron chi connectivity index (χ2n) is 5.60. The second kappa shape index (κ2) is 7.14. The Morgan fingerprint density at radius 1 is 1.29 bits per heavy atom. The van der Waals surface area contributed by atoms with E-state index >= 15 is 0 Å². The van der Waals surface area contributed by atoms with E-state index in [0.29, 0.717) is 31.5 Å². The summed E-state index contributed by atoms with van der Waals surface area (Å²) in [5.41, 5.74) is 2.41. The van der Waals surface area contributed by atoms with Crippen LogP contribution in [0.1, 0.15) is 25.8 Å². The fraction of sp³-hybridized carbons (Fsp3) is 0.375. The molecule has 0 atom stereocenters. The van der Waals surface area contributed by atoms with E-state index in [1.54, 1.807) is 12.1 Å². The molecule has 3 amide bonds. The standard InChI is InChI=1S/C16H20N2O5S/c1-3-14-11(2)10-18(15(14)19)16(20)17-9-8-12-4-6-13(7-5-12)24(21,22)23/h4-7H,3,8-10H2,1-2H3,(H,17,20)(H,21,22,23). The maximum atomic E-state index is 12.1. The summed E-state index contributed by atoms with van der Waals surface area (Å²) in [6, 6.07) is 5.31. The Bertz CT molecular complexity index is 781. The zero-order valence-corrected chi connectivity index (χ0v) is 14.4. The Balaban J connectivity index is 1.87. The molecule has 0 bridgehead atoms. The van der Waals surface area contributed by atoms with Gasteiger partial charge in [0.1, 0.15) is 0 Å². The van der Waals surface area contributed by atoms with Crippen molar-refractivity contribution in [2.24, 2.45) is 0 Å². The molecular formula is C16H20N2O5S. The molecule has 1 aromatic rings. The molecule has 0 aromatic heterocycles. The Labute approximate surface area is 141 Å². The zero-order valence-electron chi connectivity index (χ0n) is 13.6. The first-order valence-electron chi connectivity index (χ1n) is 7.58. The van der Waals surface area contributed by atoms with Crippen LogP contribution in [-0.4, -0.2) is 42.9 Å². The van der Waals surface area contributed by atoms with Gasteiger partial charge in [0.2, 0.25) is 0 Å². The van der Waals surface area contributed by atoms with Gasteiger partial charge in [-0.15, -0.1) is 0 Å². The van der Waals surface area contributed by atoms with Crippen molar-refractivity contribution in [3.05, 3.63) is 41.0 Å². The molecule has 7 nitrogen and oxygen atoms in total. The van der Waals surface area contributed by atoms with Gasteiger partial charge in [-0.05, 0) is 43.0 Å². The summed E-state index contributed by atoms with van der Waals surface area (Å²) in [6.07, 6.45) is 1.08. The predicted octanol–water partition coefficient (Wildman–Crippen LogP) is 1.75. The molecule has 1 aliphatic heterocycles. The molecule has 0 saturated heterocycles. The third kappa shape index (κ3) is 4.01. The van der Waals surface area contributed by atoms with E-state index in [1.165, 1.54) is 17.0 Å². The molecular weight excluding hydrogens is 332 g/mol. The predicted molar refractivity (Wildman–Crippen MR) is 88.1 cm³/mol. The van der Waals surface area contributed by atoms with Crippen LogP contribution in [0.2, 0.25) is 0 Å². The molecule has 130 valence electrons. The topological polar surface area (TPSA) is 104 Å². The number of benzene rings is 1. The van der Waals surface area contributed by atoms with E-state index in [0.717, 1.165) is 11.1 Å². The highest BCUT2D eigenvalue weighted by molar-refractivity contribution is 7.85. The number of amides is 3. The molecule has 0 spiro atoms. The van der Waals surface area contributed by atoms with Crippen LogP contribution in [0.4, 0.5) is 4.79 Å². The highest BCUT2D eigenvalue weighted by Gasteiger charge is 2.31. The van der Waals surface area contributed by atoms with E-state index in [-0.39, 0.29) is 10.8 Å². The van der Waals surface area contributed by atoms with Gasteiger partial charge in [-0.3, -0.25) is 14.2 Å². The van der Waals surface area contributed by atoms with Crippen LogP contribution in [0.25, 0.3) is 0 Å². The van der Waals surface area contributed by atoms with Gasteiger partial charge in [-0.1, -0.05) is 19.1 Å². The second-order valence-corrected chi connectivity index (χ2v) is 7.03. The van der Waals surface area contributed by atoms with Crippen LogP contribution in [0, 0.1) is 0 Å². The number of hydrogen-bond acceptors (Lipinski definition) is 4. The smallest absolute Gasteiger partial charge is 0.324 e. The van der Waals surface area contributed by atoms with Crippen LogP contribution in [0.15, 0.2) is 40.3 Å². The first kappa shape index (κ1) is 18.2. The van der Waals surface area contributed by atoms with Gasteiger partial charge in [0.15, 0.2) is 0 Å². The van der Waals surface area contributed by atoms with E-state index in [2.05, 4.69) is 5.32 Å². The lowest BCUT2D eigenvalue weighted by Gasteiger charge is -2.15. The van der Waals surface area contributed by atoms with Crippen molar-refractivity contribution in [2.75, 3.05) is 13.1 Å². The number of nitrogens with zero attached hydrogens (tertiary/aromatic N) is 1. The number of hydrogen-bond donors (Lipinski definition) is 2. The summed E-state index contributed by atoms with van der Waals surface area (Å²) >= 11 is 0. The maximum Gasteiger partial charge on any atom is 0.324 e. The maximum absolute atomic E-state index is 12.1. The minimum absolute atomic E-state index is 0.174. The van der Waals surface area contributed by atoms with Crippen molar-refractivity contribution in [3.63, 3.8) is 0 Å². The van der Waals surface area contributed by atoms with Crippen LogP contribution >= 0.6 is 0 Å². The summed E-state index contributed by atoms with van der Waals surface area (Å²) in [5, 5.41) is 2.69. The molecule has 0 unspecified atom stereocenters. The van der Waals surface area contributed by atoms with Gasteiger partial charge >= 0.3 is 6.03 Å². The first-order chi connectivity index (χ1) is 11.2. The molecule has 2 N–H and O–H groups in total. The van der Waals surface area contributed by atoms with Crippen molar-refractivity contribution in [1.82, 2.24) is 10.2 Å². The highest BCUT2D eigenvalue weighted by atomic mass is 32.2. The quantitative estimate of drug-likeness (QED) is 0.786. The molecule has 0 aliphatic carbocycles. The Kier molecular flexibility index (Phi) is 5.40.